The molecule has 2 aromatic carbocycles. The minimum atomic E-state index is -0.275. The van der Waals surface area contributed by atoms with Gasteiger partial charge >= 0.3 is 0 Å². The molecule has 2 N–H and O–H groups in total. The van der Waals surface area contributed by atoms with Crippen LogP contribution in [0.1, 0.15) is 33.2 Å². The molecule has 0 bridgehead atoms. The molecule has 0 radical (unpaired) electrons. The molecule has 3 aromatic rings. The summed E-state index contributed by atoms with van der Waals surface area (Å²) in [7, 11) is 0. The molecule has 0 aliphatic heterocycles. The van der Waals surface area contributed by atoms with Crippen LogP contribution in [-0.4, -0.2) is 16.7 Å². The van der Waals surface area contributed by atoms with Crippen LogP contribution in [0.25, 0.3) is 0 Å². The molecule has 1 heterocycles. The third-order valence-electron chi connectivity index (χ3n) is 4.03. The molecule has 0 aliphatic rings. The van der Waals surface area contributed by atoms with Gasteiger partial charge in [0, 0.05) is 28.2 Å². The number of ketones is 1. The fourth-order valence-electron chi connectivity index (χ4n) is 2.51. The molecule has 6 heteroatoms. The summed E-state index contributed by atoms with van der Waals surface area (Å²) in [5.74, 6) is -0.262. The number of benzene rings is 2. The Hall–Kier alpha value is -3.18. The van der Waals surface area contributed by atoms with Crippen molar-refractivity contribution in [2.24, 2.45) is 0 Å². The van der Waals surface area contributed by atoms with Gasteiger partial charge in [-0.3, -0.25) is 14.6 Å². The molecular weight excluding hydrogens is 362 g/mol. The van der Waals surface area contributed by atoms with Gasteiger partial charge in [0.15, 0.2) is 5.78 Å². The predicted octanol–water partition coefficient (Wildman–Crippen LogP) is 5.24. The van der Waals surface area contributed by atoms with E-state index in [0.29, 0.717) is 27.5 Å². The highest BCUT2D eigenvalue weighted by molar-refractivity contribution is 6.31. The summed E-state index contributed by atoms with van der Waals surface area (Å²) < 4.78 is 0. The van der Waals surface area contributed by atoms with Crippen molar-refractivity contribution in [3.8, 4) is 0 Å². The third-order valence-corrected chi connectivity index (χ3v) is 4.26. The first-order chi connectivity index (χ1) is 12.9. The zero-order valence-electron chi connectivity index (χ0n) is 14.9. The second kappa shape index (κ2) is 8.01. The van der Waals surface area contributed by atoms with Crippen LogP contribution in [0.5, 0.6) is 0 Å². The average Bonchev–Trinajstić information content (AvgIpc) is 2.65. The van der Waals surface area contributed by atoms with Gasteiger partial charge in [-0.1, -0.05) is 17.7 Å². The minimum Gasteiger partial charge on any atom is -0.354 e. The number of halogens is 1. The standard InChI is InChI=1S/C21H18ClN3O2/c1-13-3-6-17(22)10-20(13)25-21(27)16-9-19(12-23-11-16)24-18-7-4-15(5-8-18)14(2)26/h3-12,24H,1-2H3,(H,25,27). The van der Waals surface area contributed by atoms with Gasteiger partial charge in [-0.15, -0.1) is 0 Å². The second-order valence-electron chi connectivity index (χ2n) is 6.13. The predicted molar refractivity (Wildman–Crippen MR) is 108 cm³/mol. The number of Topliss-reactive ketones (excluding diaryl/α,β-unsaturated/α-hetero) is 1. The van der Waals surface area contributed by atoms with E-state index >= 15 is 0 Å². The van der Waals surface area contributed by atoms with Crippen molar-refractivity contribution in [2.75, 3.05) is 10.6 Å². The molecule has 0 unspecified atom stereocenters. The van der Waals surface area contributed by atoms with Crippen molar-refractivity contribution in [3.63, 3.8) is 0 Å². The van der Waals surface area contributed by atoms with Gasteiger partial charge in [-0.2, -0.15) is 0 Å². The highest BCUT2D eigenvalue weighted by Crippen LogP contribution is 2.22. The summed E-state index contributed by atoms with van der Waals surface area (Å²) in [5.41, 5.74) is 4.10. The van der Waals surface area contributed by atoms with Gasteiger partial charge in [-0.05, 0) is 61.9 Å². The van der Waals surface area contributed by atoms with Crippen molar-refractivity contribution in [1.29, 1.82) is 0 Å². The van der Waals surface area contributed by atoms with Crippen LogP contribution in [0, 0.1) is 6.92 Å². The number of amides is 1. The molecule has 0 atom stereocenters. The summed E-state index contributed by atoms with van der Waals surface area (Å²) >= 11 is 6.00. The highest BCUT2D eigenvalue weighted by Gasteiger charge is 2.10. The number of carbonyl (C=O) groups excluding carboxylic acids is 2. The van der Waals surface area contributed by atoms with Gasteiger partial charge < -0.3 is 10.6 Å². The molecule has 0 fully saturated rings. The molecular formula is C21H18ClN3O2. The van der Waals surface area contributed by atoms with Gasteiger partial charge in [0.2, 0.25) is 0 Å². The van der Waals surface area contributed by atoms with E-state index in [1.807, 2.05) is 13.0 Å². The van der Waals surface area contributed by atoms with Gasteiger partial charge in [0.05, 0.1) is 17.4 Å². The van der Waals surface area contributed by atoms with Crippen LogP contribution >= 0.6 is 11.6 Å². The van der Waals surface area contributed by atoms with E-state index in [-0.39, 0.29) is 11.7 Å². The van der Waals surface area contributed by atoms with Gasteiger partial charge in [0.1, 0.15) is 0 Å². The number of aromatic nitrogens is 1. The monoisotopic (exact) mass is 379 g/mol. The molecule has 27 heavy (non-hydrogen) atoms. The normalized spacial score (nSPS) is 10.3. The smallest absolute Gasteiger partial charge is 0.257 e. The highest BCUT2D eigenvalue weighted by atomic mass is 35.5. The lowest BCUT2D eigenvalue weighted by Crippen LogP contribution is -2.13. The number of hydrogen-bond donors (Lipinski definition) is 2. The molecule has 1 amide bonds. The van der Waals surface area contributed by atoms with Gasteiger partial charge in [0.25, 0.3) is 5.91 Å². The zero-order valence-corrected chi connectivity index (χ0v) is 15.7. The van der Waals surface area contributed by atoms with E-state index in [0.717, 1.165) is 11.3 Å². The molecule has 0 spiro atoms. The maximum atomic E-state index is 12.5. The minimum absolute atomic E-state index is 0.0122. The van der Waals surface area contributed by atoms with Crippen molar-refractivity contribution >= 4 is 40.4 Å². The Morgan fingerprint density at radius 1 is 0.926 bits per heavy atom. The Kier molecular flexibility index (Phi) is 5.52. The zero-order chi connectivity index (χ0) is 19.4. The third kappa shape index (κ3) is 4.71. The molecule has 0 aliphatic carbocycles. The Morgan fingerprint density at radius 2 is 1.67 bits per heavy atom. The largest absolute Gasteiger partial charge is 0.354 e. The summed E-state index contributed by atoms with van der Waals surface area (Å²) in [4.78, 5) is 28.0. The summed E-state index contributed by atoms with van der Waals surface area (Å²) in [5, 5.41) is 6.58. The lowest BCUT2D eigenvalue weighted by Gasteiger charge is -2.11. The quantitative estimate of drug-likeness (QED) is 0.594. The van der Waals surface area contributed by atoms with E-state index in [9.17, 15) is 9.59 Å². The SMILES string of the molecule is CC(=O)c1ccc(Nc2cncc(C(=O)Nc3cc(Cl)ccc3C)c2)cc1. The van der Waals surface area contributed by atoms with Crippen molar-refractivity contribution < 1.29 is 9.59 Å². The average molecular weight is 380 g/mol. The summed E-state index contributed by atoms with van der Waals surface area (Å²) in [6.45, 7) is 3.42. The first-order valence-electron chi connectivity index (χ1n) is 8.33. The Labute approximate surface area is 162 Å². The van der Waals surface area contributed by atoms with Crippen LogP contribution in [0.15, 0.2) is 60.9 Å². The first-order valence-corrected chi connectivity index (χ1v) is 8.71. The number of nitrogens with zero attached hydrogens (tertiary/aromatic N) is 1. The number of carbonyl (C=O) groups is 2. The van der Waals surface area contributed by atoms with Crippen LogP contribution in [0.4, 0.5) is 17.1 Å². The van der Waals surface area contributed by atoms with E-state index in [4.69, 9.17) is 11.6 Å². The van der Waals surface area contributed by atoms with Crippen LogP contribution in [-0.2, 0) is 0 Å². The number of anilines is 3. The topological polar surface area (TPSA) is 71.1 Å². The number of aryl methyl sites for hydroxylation is 1. The summed E-state index contributed by atoms with van der Waals surface area (Å²) in [6.07, 6.45) is 3.12. The van der Waals surface area contributed by atoms with Crippen LogP contribution in [0.3, 0.4) is 0 Å². The second-order valence-corrected chi connectivity index (χ2v) is 6.57. The molecule has 136 valence electrons. The molecule has 3 rings (SSSR count). The maximum Gasteiger partial charge on any atom is 0.257 e. The Bertz CT molecular complexity index is 1000. The maximum absolute atomic E-state index is 12.5. The molecule has 1 aromatic heterocycles. The lowest BCUT2D eigenvalue weighted by molar-refractivity contribution is 0.101. The van der Waals surface area contributed by atoms with E-state index in [1.165, 1.54) is 13.1 Å². The Morgan fingerprint density at radius 3 is 2.37 bits per heavy atom. The fraction of sp³-hybridized carbons (Fsp3) is 0.0952. The first kappa shape index (κ1) is 18.6. The lowest BCUT2D eigenvalue weighted by atomic mass is 10.1. The van der Waals surface area contributed by atoms with Crippen molar-refractivity contribution in [3.05, 3.63) is 82.6 Å². The number of pyridine rings is 1. The van der Waals surface area contributed by atoms with Crippen molar-refractivity contribution in [2.45, 2.75) is 13.8 Å². The number of nitrogens with one attached hydrogen (secondary N) is 2. The summed E-state index contributed by atoms with van der Waals surface area (Å²) in [6, 6.07) is 14.1. The number of hydrogen-bond acceptors (Lipinski definition) is 4. The van der Waals surface area contributed by atoms with E-state index in [2.05, 4.69) is 15.6 Å². The van der Waals surface area contributed by atoms with E-state index in [1.54, 1.807) is 48.7 Å². The molecule has 5 nitrogen and oxygen atoms in total. The van der Waals surface area contributed by atoms with Gasteiger partial charge in [-0.25, -0.2) is 0 Å². The molecule has 0 saturated carbocycles. The van der Waals surface area contributed by atoms with Crippen LogP contribution < -0.4 is 10.6 Å². The van der Waals surface area contributed by atoms with E-state index < -0.39 is 0 Å². The fourth-order valence-corrected chi connectivity index (χ4v) is 2.68. The number of rotatable bonds is 5. The molecule has 0 saturated heterocycles. The van der Waals surface area contributed by atoms with Crippen molar-refractivity contribution in [1.82, 2.24) is 4.98 Å². The van der Waals surface area contributed by atoms with Crippen LogP contribution in [0.2, 0.25) is 5.02 Å². The Balaban J connectivity index is 1.75.